The molecule has 0 bridgehead atoms. The molecule has 7 heteroatoms. The monoisotopic (exact) mass is 280 g/mol. The molecule has 0 radical (unpaired) electrons. The van der Waals surface area contributed by atoms with Gasteiger partial charge in [-0.1, -0.05) is 0 Å². The maximum Gasteiger partial charge on any atom is 0.106 e. The van der Waals surface area contributed by atoms with E-state index in [1.54, 1.807) is 0 Å². The molecule has 7 atom stereocenters. The third-order valence-corrected chi connectivity index (χ3v) is 3.40. The van der Waals surface area contributed by atoms with Gasteiger partial charge in [0, 0.05) is 19.3 Å². The molecule has 114 valence electrons. The predicted octanol–water partition coefficient (Wildman–Crippen LogP) is -2.26. The Balaban J connectivity index is 2.54. The van der Waals surface area contributed by atoms with Crippen LogP contribution in [0, 0.1) is 0 Å². The Hall–Kier alpha value is -0.280. The number of aliphatic hydroxyl groups is 6. The SMILES string of the molecule is C[C@H](O)[C@@H]1C[C@H](O)[C@H](O)[C@@H](C[C@H](O)C[C@@H](O)CO)O1. The minimum atomic E-state index is -1.14. The van der Waals surface area contributed by atoms with Gasteiger partial charge in [-0.15, -0.1) is 0 Å². The molecule has 1 fully saturated rings. The molecule has 0 unspecified atom stereocenters. The average molecular weight is 280 g/mol. The molecule has 1 heterocycles. The Morgan fingerprint density at radius 3 is 2.32 bits per heavy atom. The third-order valence-electron chi connectivity index (χ3n) is 3.40. The molecule has 0 saturated carbocycles. The topological polar surface area (TPSA) is 131 Å². The van der Waals surface area contributed by atoms with E-state index in [1.807, 2.05) is 0 Å². The molecule has 0 aromatic carbocycles. The molecule has 7 nitrogen and oxygen atoms in total. The highest BCUT2D eigenvalue weighted by Gasteiger charge is 2.39. The van der Waals surface area contributed by atoms with Crippen LogP contribution in [0.1, 0.15) is 26.2 Å². The number of hydrogen-bond donors (Lipinski definition) is 6. The van der Waals surface area contributed by atoms with E-state index in [1.165, 1.54) is 6.92 Å². The number of aliphatic hydroxyl groups excluding tert-OH is 6. The van der Waals surface area contributed by atoms with Crippen molar-refractivity contribution >= 4 is 0 Å². The van der Waals surface area contributed by atoms with E-state index >= 15 is 0 Å². The van der Waals surface area contributed by atoms with Crippen LogP contribution in [-0.4, -0.2) is 80.0 Å². The van der Waals surface area contributed by atoms with Gasteiger partial charge in [0.2, 0.25) is 0 Å². The fraction of sp³-hybridized carbons (Fsp3) is 1.00. The summed E-state index contributed by atoms with van der Waals surface area (Å²) in [6.45, 7) is 1.07. The Morgan fingerprint density at radius 1 is 1.16 bits per heavy atom. The van der Waals surface area contributed by atoms with Crippen molar-refractivity contribution in [1.29, 1.82) is 0 Å². The van der Waals surface area contributed by atoms with Crippen LogP contribution in [0.2, 0.25) is 0 Å². The molecule has 6 N–H and O–H groups in total. The van der Waals surface area contributed by atoms with Gasteiger partial charge in [0.05, 0.1) is 43.2 Å². The fourth-order valence-electron chi connectivity index (χ4n) is 2.24. The van der Waals surface area contributed by atoms with Gasteiger partial charge in [-0.25, -0.2) is 0 Å². The van der Waals surface area contributed by atoms with Crippen molar-refractivity contribution in [3.63, 3.8) is 0 Å². The minimum Gasteiger partial charge on any atom is -0.394 e. The zero-order valence-corrected chi connectivity index (χ0v) is 11.0. The predicted molar refractivity (Wildman–Crippen MR) is 65.3 cm³/mol. The van der Waals surface area contributed by atoms with Crippen LogP contribution < -0.4 is 0 Å². The van der Waals surface area contributed by atoms with Crippen LogP contribution in [0.4, 0.5) is 0 Å². The van der Waals surface area contributed by atoms with E-state index in [-0.39, 0.29) is 19.3 Å². The summed E-state index contributed by atoms with van der Waals surface area (Å²) in [5.74, 6) is 0. The molecule has 1 aliphatic rings. The van der Waals surface area contributed by atoms with E-state index in [9.17, 15) is 25.5 Å². The van der Waals surface area contributed by atoms with Crippen LogP contribution in [0.15, 0.2) is 0 Å². The lowest BCUT2D eigenvalue weighted by Crippen LogP contribution is -2.52. The molecule has 0 aromatic rings. The number of ether oxygens (including phenoxy) is 1. The lowest BCUT2D eigenvalue weighted by atomic mass is 9.91. The third kappa shape index (κ3) is 4.96. The van der Waals surface area contributed by atoms with Gasteiger partial charge in [0.25, 0.3) is 0 Å². The van der Waals surface area contributed by atoms with Crippen LogP contribution in [0.25, 0.3) is 0 Å². The first-order chi connectivity index (χ1) is 8.85. The van der Waals surface area contributed by atoms with Gasteiger partial charge in [-0.3, -0.25) is 0 Å². The van der Waals surface area contributed by atoms with Crippen molar-refractivity contribution < 1.29 is 35.4 Å². The molecule has 0 aromatic heterocycles. The quantitative estimate of drug-likeness (QED) is 0.324. The Kier molecular flexibility index (Phi) is 6.61. The summed E-state index contributed by atoms with van der Waals surface area (Å²) in [5, 5.41) is 56.6. The number of hydrogen-bond acceptors (Lipinski definition) is 7. The molecule has 1 rings (SSSR count). The second-order valence-corrected chi connectivity index (χ2v) is 5.21. The highest BCUT2D eigenvalue weighted by Crippen LogP contribution is 2.26. The van der Waals surface area contributed by atoms with E-state index in [2.05, 4.69) is 0 Å². The first-order valence-electron chi connectivity index (χ1n) is 6.51. The van der Waals surface area contributed by atoms with E-state index in [0.29, 0.717) is 0 Å². The van der Waals surface area contributed by atoms with E-state index in [0.717, 1.165) is 0 Å². The fourth-order valence-corrected chi connectivity index (χ4v) is 2.24. The molecule has 1 aliphatic heterocycles. The second-order valence-electron chi connectivity index (χ2n) is 5.21. The Morgan fingerprint density at radius 2 is 1.79 bits per heavy atom. The Labute approximate surface area is 112 Å². The van der Waals surface area contributed by atoms with Crippen molar-refractivity contribution in [3.05, 3.63) is 0 Å². The molecular formula is C12H24O7. The van der Waals surface area contributed by atoms with Crippen LogP contribution in [-0.2, 0) is 4.74 Å². The van der Waals surface area contributed by atoms with Crippen LogP contribution >= 0.6 is 0 Å². The summed E-state index contributed by atoms with van der Waals surface area (Å²) < 4.78 is 5.45. The number of rotatable bonds is 6. The standard InChI is InChI=1S/C12H24O7/c1-6(14)10-4-9(17)12(18)11(19-10)3-7(15)2-8(16)5-13/h6-18H,2-5H2,1H3/t6-,7+,8+,9-,10-,11+,12-/m0/s1. The Bertz CT molecular complexity index is 260. The zero-order valence-electron chi connectivity index (χ0n) is 11.0. The minimum absolute atomic E-state index is 0.0124. The van der Waals surface area contributed by atoms with Gasteiger partial charge in [-0.05, 0) is 6.92 Å². The largest absolute Gasteiger partial charge is 0.394 e. The van der Waals surface area contributed by atoms with Crippen molar-refractivity contribution in [1.82, 2.24) is 0 Å². The summed E-state index contributed by atoms with van der Waals surface area (Å²) in [7, 11) is 0. The smallest absolute Gasteiger partial charge is 0.106 e. The van der Waals surface area contributed by atoms with Crippen molar-refractivity contribution in [2.75, 3.05) is 6.61 Å². The lowest BCUT2D eigenvalue weighted by molar-refractivity contribution is -0.198. The molecule has 0 aliphatic carbocycles. The highest BCUT2D eigenvalue weighted by atomic mass is 16.5. The molecular weight excluding hydrogens is 256 g/mol. The van der Waals surface area contributed by atoms with Crippen LogP contribution in [0.3, 0.4) is 0 Å². The zero-order chi connectivity index (χ0) is 14.6. The van der Waals surface area contributed by atoms with Gasteiger partial charge in [0.1, 0.15) is 6.10 Å². The first-order valence-corrected chi connectivity index (χ1v) is 6.51. The summed E-state index contributed by atoms with van der Waals surface area (Å²) in [5.41, 5.74) is 0. The molecule has 1 saturated heterocycles. The normalized spacial score (nSPS) is 36.8. The first kappa shape index (κ1) is 16.8. The van der Waals surface area contributed by atoms with Crippen molar-refractivity contribution in [3.8, 4) is 0 Å². The van der Waals surface area contributed by atoms with Crippen LogP contribution in [0.5, 0.6) is 0 Å². The van der Waals surface area contributed by atoms with E-state index in [4.69, 9.17) is 9.84 Å². The van der Waals surface area contributed by atoms with Gasteiger partial charge < -0.3 is 35.4 Å². The summed E-state index contributed by atoms with van der Waals surface area (Å²) >= 11 is 0. The average Bonchev–Trinajstić information content (AvgIpc) is 2.34. The molecule has 0 amide bonds. The van der Waals surface area contributed by atoms with Gasteiger partial charge in [0.15, 0.2) is 0 Å². The summed E-state index contributed by atoms with van der Waals surface area (Å²) in [6.07, 6.45) is -6.27. The van der Waals surface area contributed by atoms with Gasteiger partial charge in [-0.2, -0.15) is 0 Å². The van der Waals surface area contributed by atoms with Crippen molar-refractivity contribution in [2.24, 2.45) is 0 Å². The molecule has 19 heavy (non-hydrogen) atoms. The molecule has 0 spiro atoms. The maximum absolute atomic E-state index is 9.80. The van der Waals surface area contributed by atoms with Crippen molar-refractivity contribution in [2.45, 2.75) is 68.9 Å². The second kappa shape index (κ2) is 7.49. The maximum atomic E-state index is 9.80. The summed E-state index contributed by atoms with van der Waals surface area (Å²) in [4.78, 5) is 0. The lowest BCUT2D eigenvalue weighted by Gasteiger charge is -2.39. The highest BCUT2D eigenvalue weighted by molar-refractivity contribution is 4.88. The van der Waals surface area contributed by atoms with E-state index < -0.39 is 49.3 Å². The van der Waals surface area contributed by atoms with Gasteiger partial charge >= 0.3 is 0 Å². The summed E-state index contributed by atoms with van der Waals surface area (Å²) in [6, 6.07) is 0.